The summed E-state index contributed by atoms with van der Waals surface area (Å²) in [6.07, 6.45) is 44.5. The standard InChI is InChI=1S/C73H125NO18/c1-3-5-7-9-11-13-15-16-17-18-19-20-21-22-23-24-25-26-27-28-29-30-31-32-33-34-35-36-37-38-39-40-41-43-45-47-49-51-61(79)74-56(57(78)50-48-46-44-42-14-12-10-8-6-4-2)55-87-71-67(85)64(82)69(59(53-76)89-71)92-73-68(86)65(83)70(60(54-77)90-73)91-72-66(84)63(81)62(80)58(52-75)88-72/h5-8,11,13-14,16-17,19-20,22-23,42,48,50,56-60,62-73,75-78,80-86H,3-4,9-10,12,15,18,21,24-41,43-47,49,51-55H2,1-2H3,(H,74,79)/b7-5-,8-6+,13-11-,17-16-,20-19-,23-22-,42-14+,50-48+. The number of aliphatic hydroxyl groups is 11. The number of allylic oxidation sites excluding steroid dienone is 15. The fourth-order valence-electron chi connectivity index (χ4n) is 11.4. The molecule has 3 aliphatic heterocycles. The Bertz CT molecular complexity index is 2040. The minimum absolute atomic E-state index is 0.230. The average molecular weight is 1300 g/mol. The van der Waals surface area contributed by atoms with Crippen LogP contribution in [0.3, 0.4) is 0 Å². The number of aliphatic hydroxyl groups excluding tert-OH is 11. The van der Waals surface area contributed by atoms with Crippen molar-refractivity contribution in [2.45, 2.75) is 330 Å². The van der Waals surface area contributed by atoms with Gasteiger partial charge >= 0.3 is 0 Å². The number of hydrogen-bond acceptors (Lipinski definition) is 18. The molecular weight excluding hydrogens is 1180 g/mol. The first-order chi connectivity index (χ1) is 44.8. The zero-order chi connectivity index (χ0) is 66.8. The molecule has 3 heterocycles. The van der Waals surface area contributed by atoms with Crippen molar-refractivity contribution in [2.24, 2.45) is 0 Å². The van der Waals surface area contributed by atoms with E-state index in [1.54, 1.807) is 6.08 Å². The summed E-state index contributed by atoms with van der Waals surface area (Å²) in [6, 6.07) is -0.997. The zero-order valence-electron chi connectivity index (χ0n) is 56.0. The van der Waals surface area contributed by atoms with E-state index in [2.05, 4.69) is 104 Å². The number of carbonyl (C=O) groups is 1. The van der Waals surface area contributed by atoms with Crippen molar-refractivity contribution in [3.63, 3.8) is 0 Å². The summed E-state index contributed by atoms with van der Waals surface area (Å²) in [6.45, 7) is 1.45. The quantitative estimate of drug-likeness (QED) is 0.0199. The lowest BCUT2D eigenvalue weighted by atomic mass is 9.96. The van der Waals surface area contributed by atoms with Crippen LogP contribution in [0.4, 0.5) is 0 Å². The van der Waals surface area contributed by atoms with Crippen LogP contribution in [0, 0.1) is 0 Å². The lowest BCUT2D eigenvalue weighted by molar-refractivity contribution is -0.379. The molecule has 17 atom stereocenters. The number of rotatable bonds is 53. The molecule has 0 radical (unpaired) electrons. The van der Waals surface area contributed by atoms with Crippen molar-refractivity contribution in [1.29, 1.82) is 0 Å². The molecule has 3 fully saturated rings. The fraction of sp³-hybridized carbons (Fsp3) is 0.767. The van der Waals surface area contributed by atoms with Crippen molar-refractivity contribution >= 4 is 5.91 Å². The van der Waals surface area contributed by atoms with Crippen molar-refractivity contribution < 1.29 is 89.4 Å². The number of unbranched alkanes of at least 4 members (excludes halogenated alkanes) is 23. The molecule has 3 saturated heterocycles. The Morgan fingerprint density at radius 1 is 0.391 bits per heavy atom. The Kier molecular flexibility index (Phi) is 48.5. The summed E-state index contributed by atoms with van der Waals surface area (Å²) >= 11 is 0. The first-order valence-corrected chi connectivity index (χ1v) is 35.5. The van der Waals surface area contributed by atoms with Gasteiger partial charge in [-0.2, -0.15) is 0 Å². The highest BCUT2D eigenvalue weighted by molar-refractivity contribution is 5.76. The highest BCUT2D eigenvalue weighted by Gasteiger charge is 2.53. The number of ether oxygens (including phenoxy) is 6. The Labute approximate surface area is 552 Å². The number of nitrogens with one attached hydrogen (secondary N) is 1. The predicted octanol–water partition coefficient (Wildman–Crippen LogP) is 9.66. The van der Waals surface area contributed by atoms with Crippen LogP contribution < -0.4 is 5.32 Å². The van der Waals surface area contributed by atoms with Gasteiger partial charge in [-0.3, -0.25) is 4.79 Å². The molecule has 92 heavy (non-hydrogen) atoms. The van der Waals surface area contributed by atoms with E-state index in [1.807, 2.05) is 6.08 Å². The molecule has 0 aromatic heterocycles. The third kappa shape index (κ3) is 35.1. The molecule has 3 rings (SSSR count). The van der Waals surface area contributed by atoms with Crippen LogP contribution in [-0.2, 0) is 33.2 Å². The second-order valence-electron chi connectivity index (χ2n) is 24.9. The molecule has 0 aromatic carbocycles. The predicted molar refractivity (Wildman–Crippen MR) is 360 cm³/mol. The highest BCUT2D eigenvalue weighted by atomic mass is 16.8. The van der Waals surface area contributed by atoms with Crippen LogP contribution in [-0.4, -0.2) is 193 Å². The zero-order valence-corrected chi connectivity index (χ0v) is 56.0. The number of hydrogen-bond donors (Lipinski definition) is 12. The van der Waals surface area contributed by atoms with E-state index in [4.69, 9.17) is 28.4 Å². The van der Waals surface area contributed by atoms with E-state index in [0.717, 1.165) is 77.0 Å². The van der Waals surface area contributed by atoms with E-state index < -0.39 is 124 Å². The summed E-state index contributed by atoms with van der Waals surface area (Å²) in [5.41, 5.74) is 0. The van der Waals surface area contributed by atoms with Gasteiger partial charge in [0, 0.05) is 6.42 Å². The lowest BCUT2D eigenvalue weighted by Gasteiger charge is -2.48. The first kappa shape index (κ1) is 82.9. The molecule has 19 heteroatoms. The van der Waals surface area contributed by atoms with E-state index in [0.29, 0.717) is 12.8 Å². The Balaban J connectivity index is 1.30. The molecule has 0 spiro atoms. The van der Waals surface area contributed by atoms with Gasteiger partial charge in [0.1, 0.15) is 73.2 Å². The van der Waals surface area contributed by atoms with E-state index in [1.165, 1.54) is 116 Å². The molecule has 0 bridgehead atoms. The second-order valence-corrected chi connectivity index (χ2v) is 24.9. The Morgan fingerprint density at radius 2 is 0.728 bits per heavy atom. The molecule has 3 aliphatic rings. The van der Waals surface area contributed by atoms with Gasteiger partial charge in [0.25, 0.3) is 0 Å². The second kappa shape index (κ2) is 53.8. The third-order valence-electron chi connectivity index (χ3n) is 17.1. The van der Waals surface area contributed by atoms with Crippen molar-refractivity contribution in [1.82, 2.24) is 5.32 Å². The van der Waals surface area contributed by atoms with Crippen molar-refractivity contribution in [2.75, 3.05) is 26.4 Å². The summed E-state index contributed by atoms with van der Waals surface area (Å²) in [7, 11) is 0. The van der Waals surface area contributed by atoms with Gasteiger partial charge in [0.2, 0.25) is 5.91 Å². The largest absolute Gasteiger partial charge is 0.394 e. The van der Waals surface area contributed by atoms with Crippen molar-refractivity contribution in [3.05, 3.63) is 97.2 Å². The van der Waals surface area contributed by atoms with Crippen LogP contribution in [0.2, 0.25) is 0 Å². The van der Waals surface area contributed by atoms with Crippen LogP contribution in [0.5, 0.6) is 0 Å². The normalized spacial score (nSPS) is 28.3. The average Bonchev–Trinajstić information content (AvgIpc) is 0.799. The van der Waals surface area contributed by atoms with Gasteiger partial charge in [0.15, 0.2) is 18.9 Å². The first-order valence-electron chi connectivity index (χ1n) is 35.5. The summed E-state index contributed by atoms with van der Waals surface area (Å²) in [4.78, 5) is 13.4. The fourth-order valence-corrected chi connectivity index (χ4v) is 11.4. The Morgan fingerprint density at radius 3 is 1.17 bits per heavy atom. The molecule has 0 aliphatic carbocycles. The topological polar surface area (TPSA) is 307 Å². The SMILES string of the molecule is CC/C=C\C/C=C\C/C=C\C/C=C\C/C=C\CCCCCCCCCCCCCCCCCCCCCCCC(=O)NC(COC1OC(CO)C(OC2OC(CO)C(OC3OC(CO)C(O)C(O)C3O)C(O)C2O)C(O)C1O)C(O)/C=C/CC/C=C/CC/C=C/CC. The molecule has 0 aromatic rings. The third-order valence-corrected chi connectivity index (χ3v) is 17.1. The van der Waals surface area contributed by atoms with Gasteiger partial charge < -0.3 is 89.9 Å². The minimum atomic E-state index is -1.98. The lowest BCUT2D eigenvalue weighted by Crippen LogP contribution is -2.66. The van der Waals surface area contributed by atoms with Gasteiger partial charge in [-0.25, -0.2) is 0 Å². The van der Waals surface area contributed by atoms with Gasteiger partial charge in [-0.05, 0) is 83.5 Å². The van der Waals surface area contributed by atoms with Gasteiger partial charge in [0.05, 0.1) is 38.6 Å². The molecule has 530 valence electrons. The Hall–Kier alpha value is -3.29. The number of carbonyl (C=O) groups excluding carboxylic acids is 1. The molecule has 1 amide bonds. The highest BCUT2D eigenvalue weighted by Crippen LogP contribution is 2.33. The monoisotopic (exact) mass is 1300 g/mol. The molecule has 17 unspecified atom stereocenters. The van der Waals surface area contributed by atoms with Crippen molar-refractivity contribution in [3.8, 4) is 0 Å². The summed E-state index contributed by atoms with van der Waals surface area (Å²) < 4.78 is 34.2. The maximum absolute atomic E-state index is 13.4. The van der Waals surface area contributed by atoms with Crippen LogP contribution >= 0.6 is 0 Å². The molecule has 19 nitrogen and oxygen atoms in total. The van der Waals surface area contributed by atoms with E-state index in [9.17, 15) is 61.0 Å². The molecule has 0 saturated carbocycles. The summed E-state index contributed by atoms with van der Waals surface area (Å²) in [5, 5.41) is 120. The summed E-state index contributed by atoms with van der Waals surface area (Å²) in [5.74, 6) is -0.293. The van der Waals surface area contributed by atoms with Gasteiger partial charge in [-0.1, -0.05) is 233 Å². The molecule has 12 N–H and O–H groups in total. The van der Waals surface area contributed by atoms with Crippen LogP contribution in [0.25, 0.3) is 0 Å². The van der Waals surface area contributed by atoms with E-state index in [-0.39, 0.29) is 18.9 Å². The maximum atomic E-state index is 13.4. The smallest absolute Gasteiger partial charge is 0.220 e. The maximum Gasteiger partial charge on any atom is 0.220 e. The van der Waals surface area contributed by atoms with Crippen LogP contribution in [0.15, 0.2) is 97.2 Å². The molecular formula is C73H125NO18. The van der Waals surface area contributed by atoms with Crippen LogP contribution in [0.1, 0.15) is 226 Å². The van der Waals surface area contributed by atoms with Gasteiger partial charge in [-0.15, -0.1) is 0 Å². The van der Waals surface area contributed by atoms with E-state index >= 15 is 0 Å². The number of amides is 1. The minimum Gasteiger partial charge on any atom is -0.394 e.